The summed E-state index contributed by atoms with van der Waals surface area (Å²) in [5, 5.41) is 0. The SMILES string of the molecule is COc1c(CCC(C)=O)c(C)c2c(c1OC)C(=O)c1ccccc1C2=O. The van der Waals surface area contributed by atoms with Crippen LogP contribution in [0, 0.1) is 6.92 Å². The standard InChI is InChI=1S/C21H20O5/c1-11(22)9-10-13-12(2)16-17(21(26-4)20(13)25-3)19(24)15-8-6-5-7-14(15)18(16)23/h5-8H,9-10H2,1-4H3. The van der Waals surface area contributed by atoms with Crippen LogP contribution in [0.25, 0.3) is 0 Å². The average Bonchev–Trinajstić information content (AvgIpc) is 2.63. The predicted molar refractivity (Wildman–Crippen MR) is 96.6 cm³/mol. The molecular weight excluding hydrogens is 332 g/mol. The van der Waals surface area contributed by atoms with Gasteiger partial charge in [0.05, 0.1) is 19.8 Å². The Kier molecular flexibility index (Phi) is 4.64. The monoisotopic (exact) mass is 352 g/mol. The van der Waals surface area contributed by atoms with Crippen molar-refractivity contribution in [1.82, 2.24) is 0 Å². The van der Waals surface area contributed by atoms with Crippen LogP contribution >= 0.6 is 0 Å². The first-order chi connectivity index (χ1) is 12.4. The Morgan fingerprint density at radius 2 is 1.46 bits per heavy atom. The number of carbonyl (C=O) groups is 3. The number of methoxy groups -OCH3 is 2. The Balaban J connectivity index is 2.34. The number of ketones is 3. The fourth-order valence-corrected chi connectivity index (χ4v) is 3.53. The zero-order chi connectivity index (χ0) is 19.0. The zero-order valence-corrected chi connectivity index (χ0v) is 15.3. The Labute approximate surface area is 151 Å². The predicted octanol–water partition coefficient (Wildman–Crippen LogP) is 3.31. The highest BCUT2D eigenvalue weighted by molar-refractivity contribution is 6.30. The van der Waals surface area contributed by atoms with Crippen molar-refractivity contribution in [2.24, 2.45) is 0 Å². The van der Waals surface area contributed by atoms with E-state index in [9.17, 15) is 14.4 Å². The lowest BCUT2D eigenvalue weighted by atomic mass is 9.79. The summed E-state index contributed by atoms with van der Waals surface area (Å²) in [5.41, 5.74) is 2.70. The third kappa shape index (κ3) is 2.60. The van der Waals surface area contributed by atoms with Gasteiger partial charge in [-0.2, -0.15) is 0 Å². The Morgan fingerprint density at radius 1 is 0.923 bits per heavy atom. The third-order valence-electron chi connectivity index (χ3n) is 4.79. The molecule has 2 aromatic rings. The van der Waals surface area contributed by atoms with Crippen molar-refractivity contribution in [3.8, 4) is 11.5 Å². The summed E-state index contributed by atoms with van der Waals surface area (Å²) in [7, 11) is 2.94. The molecule has 0 amide bonds. The van der Waals surface area contributed by atoms with E-state index in [1.165, 1.54) is 21.1 Å². The van der Waals surface area contributed by atoms with Gasteiger partial charge in [0.1, 0.15) is 5.78 Å². The fourth-order valence-electron chi connectivity index (χ4n) is 3.53. The van der Waals surface area contributed by atoms with Crippen LogP contribution in [-0.4, -0.2) is 31.6 Å². The molecule has 0 saturated carbocycles. The molecule has 1 aliphatic carbocycles. The highest BCUT2D eigenvalue weighted by atomic mass is 16.5. The van der Waals surface area contributed by atoms with Crippen molar-refractivity contribution in [3.05, 3.63) is 57.6 Å². The van der Waals surface area contributed by atoms with Crippen LogP contribution in [0.15, 0.2) is 24.3 Å². The number of hydrogen-bond acceptors (Lipinski definition) is 5. The number of carbonyl (C=O) groups excluding carboxylic acids is 3. The highest BCUT2D eigenvalue weighted by Gasteiger charge is 2.37. The Morgan fingerprint density at radius 3 is 1.96 bits per heavy atom. The smallest absolute Gasteiger partial charge is 0.198 e. The molecule has 0 aromatic heterocycles. The number of benzene rings is 2. The van der Waals surface area contributed by atoms with Gasteiger partial charge < -0.3 is 14.3 Å². The average molecular weight is 352 g/mol. The summed E-state index contributed by atoms with van der Waals surface area (Å²) in [6, 6.07) is 6.77. The quantitative estimate of drug-likeness (QED) is 0.705. The van der Waals surface area contributed by atoms with E-state index in [2.05, 4.69) is 0 Å². The van der Waals surface area contributed by atoms with E-state index in [-0.39, 0.29) is 28.7 Å². The zero-order valence-electron chi connectivity index (χ0n) is 15.3. The second-order valence-electron chi connectivity index (χ2n) is 6.33. The summed E-state index contributed by atoms with van der Waals surface area (Å²) in [6.45, 7) is 3.30. The maximum absolute atomic E-state index is 13.1. The second-order valence-corrected chi connectivity index (χ2v) is 6.33. The van der Waals surface area contributed by atoms with E-state index < -0.39 is 0 Å². The van der Waals surface area contributed by atoms with Crippen molar-refractivity contribution in [2.75, 3.05) is 14.2 Å². The molecule has 0 aliphatic heterocycles. The minimum absolute atomic E-state index is 0.0379. The maximum atomic E-state index is 13.1. The van der Waals surface area contributed by atoms with Crippen LogP contribution in [0.4, 0.5) is 0 Å². The van der Waals surface area contributed by atoms with Crippen molar-refractivity contribution >= 4 is 17.3 Å². The van der Waals surface area contributed by atoms with Gasteiger partial charge in [0.2, 0.25) is 0 Å². The molecule has 2 aromatic carbocycles. The molecule has 5 heteroatoms. The van der Waals surface area contributed by atoms with Crippen molar-refractivity contribution < 1.29 is 23.9 Å². The van der Waals surface area contributed by atoms with Crippen LogP contribution in [-0.2, 0) is 11.2 Å². The van der Waals surface area contributed by atoms with Crippen LogP contribution in [0.1, 0.15) is 56.3 Å². The highest BCUT2D eigenvalue weighted by Crippen LogP contribution is 2.44. The first-order valence-corrected chi connectivity index (χ1v) is 8.37. The minimum atomic E-state index is -0.258. The molecule has 0 spiro atoms. The largest absolute Gasteiger partial charge is 0.493 e. The first-order valence-electron chi connectivity index (χ1n) is 8.37. The van der Waals surface area contributed by atoms with Gasteiger partial charge in [0.15, 0.2) is 23.1 Å². The number of ether oxygens (including phenoxy) is 2. The molecule has 0 atom stereocenters. The Hall–Kier alpha value is -2.95. The third-order valence-corrected chi connectivity index (χ3v) is 4.79. The number of hydrogen-bond donors (Lipinski definition) is 0. The molecule has 134 valence electrons. The number of Topliss-reactive ketones (excluding diaryl/α,β-unsaturated/α-hetero) is 1. The molecule has 0 heterocycles. The summed E-state index contributed by atoms with van der Waals surface area (Å²) < 4.78 is 11.0. The van der Waals surface area contributed by atoms with Crippen LogP contribution in [0.2, 0.25) is 0 Å². The topological polar surface area (TPSA) is 69.7 Å². The normalized spacial score (nSPS) is 12.5. The molecule has 0 bridgehead atoms. The summed E-state index contributed by atoms with van der Waals surface area (Å²) in [6.07, 6.45) is 0.731. The molecule has 0 unspecified atom stereocenters. The van der Waals surface area contributed by atoms with E-state index in [1.54, 1.807) is 31.2 Å². The molecule has 5 nitrogen and oxygen atoms in total. The second kappa shape index (κ2) is 6.75. The van der Waals surface area contributed by atoms with Crippen LogP contribution in [0.3, 0.4) is 0 Å². The van der Waals surface area contributed by atoms with Gasteiger partial charge in [0, 0.05) is 28.7 Å². The molecule has 0 fully saturated rings. The number of fused-ring (bicyclic) bond motifs is 2. The molecule has 1 aliphatic rings. The lowest BCUT2D eigenvalue weighted by Gasteiger charge is -2.25. The van der Waals surface area contributed by atoms with Crippen LogP contribution < -0.4 is 9.47 Å². The van der Waals surface area contributed by atoms with Gasteiger partial charge in [0.25, 0.3) is 0 Å². The molecular formula is C21H20O5. The van der Waals surface area contributed by atoms with E-state index in [0.29, 0.717) is 40.8 Å². The minimum Gasteiger partial charge on any atom is -0.493 e. The molecule has 0 N–H and O–H groups in total. The lowest BCUT2D eigenvalue weighted by Crippen LogP contribution is -2.24. The molecule has 26 heavy (non-hydrogen) atoms. The van der Waals surface area contributed by atoms with Crippen LogP contribution in [0.5, 0.6) is 11.5 Å². The van der Waals surface area contributed by atoms with Crippen molar-refractivity contribution in [2.45, 2.75) is 26.7 Å². The van der Waals surface area contributed by atoms with Gasteiger partial charge >= 0.3 is 0 Å². The number of rotatable bonds is 5. The first kappa shape index (κ1) is 17.9. The van der Waals surface area contributed by atoms with E-state index in [0.717, 1.165) is 5.56 Å². The summed E-state index contributed by atoms with van der Waals surface area (Å²) in [5.74, 6) is 0.227. The van der Waals surface area contributed by atoms with E-state index >= 15 is 0 Å². The van der Waals surface area contributed by atoms with E-state index in [4.69, 9.17) is 9.47 Å². The van der Waals surface area contributed by atoms with Gasteiger partial charge in [-0.3, -0.25) is 9.59 Å². The van der Waals surface area contributed by atoms with Gasteiger partial charge in [-0.1, -0.05) is 24.3 Å². The van der Waals surface area contributed by atoms with Crippen molar-refractivity contribution in [3.63, 3.8) is 0 Å². The lowest BCUT2D eigenvalue weighted by molar-refractivity contribution is -0.116. The van der Waals surface area contributed by atoms with Crippen molar-refractivity contribution in [1.29, 1.82) is 0 Å². The fraction of sp³-hybridized carbons (Fsp3) is 0.286. The van der Waals surface area contributed by atoms with Gasteiger partial charge in [-0.25, -0.2) is 0 Å². The molecule has 0 radical (unpaired) electrons. The Bertz CT molecular complexity index is 940. The van der Waals surface area contributed by atoms with Gasteiger partial charge in [-0.05, 0) is 25.8 Å². The summed E-state index contributed by atoms with van der Waals surface area (Å²) >= 11 is 0. The molecule has 3 rings (SSSR count). The molecule has 0 saturated heterocycles. The maximum Gasteiger partial charge on any atom is 0.198 e. The van der Waals surface area contributed by atoms with E-state index in [1.807, 2.05) is 0 Å². The van der Waals surface area contributed by atoms with Gasteiger partial charge in [-0.15, -0.1) is 0 Å². The summed E-state index contributed by atoms with van der Waals surface area (Å²) in [4.78, 5) is 37.7.